The number of fused-ring (bicyclic) bond motifs is 2. The highest BCUT2D eigenvalue weighted by Gasteiger charge is 2.45. The van der Waals surface area contributed by atoms with Crippen LogP contribution in [0.5, 0.6) is 0 Å². The van der Waals surface area contributed by atoms with Crippen molar-refractivity contribution in [2.75, 3.05) is 6.54 Å². The third-order valence-electron chi connectivity index (χ3n) is 4.59. The van der Waals surface area contributed by atoms with Crippen LogP contribution in [-0.2, 0) is 4.74 Å². The fraction of sp³-hybridized carbons (Fsp3) is 0.625. The van der Waals surface area contributed by atoms with Crippen molar-refractivity contribution in [2.24, 2.45) is 5.92 Å². The second kappa shape index (κ2) is 6.31. The molecular weight excluding hydrogens is 340 g/mol. The summed E-state index contributed by atoms with van der Waals surface area (Å²) < 4.78 is 34.9. The van der Waals surface area contributed by atoms with E-state index in [4.69, 9.17) is 4.74 Å². The van der Waals surface area contributed by atoms with E-state index in [9.17, 15) is 8.78 Å². The van der Waals surface area contributed by atoms with E-state index in [1.807, 2.05) is 0 Å². The van der Waals surface area contributed by atoms with Crippen molar-refractivity contribution in [3.63, 3.8) is 0 Å². The standard InChI is InChI=1S/C16H20BrF2NO/c1-2-7-20-16(10-8-9-3-6-13(10)21-9)14-12(18)5-4-11(17)15(14)19/h4-5,9-10,13,16,20H,2-3,6-8H2,1H3. The molecule has 2 bridgehead atoms. The molecule has 3 rings (SSSR count). The van der Waals surface area contributed by atoms with Gasteiger partial charge >= 0.3 is 0 Å². The maximum Gasteiger partial charge on any atom is 0.145 e. The van der Waals surface area contributed by atoms with E-state index in [0.717, 1.165) is 32.2 Å². The van der Waals surface area contributed by atoms with Crippen LogP contribution >= 0.6 is 15.9 Å². The Bertz CT molecular complexity index is 525. The molecule has 2 fully saturated rings. The molecule has 21 heavy (non-hydrogen) atoms. The van der Waals surface area contributed by atoms with Gasteiger partial charge in [-0.1, -0.05) is 6.92 Å². The maximum atomic E-state index is 14.5. The van der Waals surface area contributed by atoms with Gasteiger partial charge < -0.3 is 10.1 Å². The van der Waals surface area contributed by atoms with Crippen molar-refractivity contribution in [3.8, 4) is 0 Å². The summed E-state index contributed by atoms with van der Waals surface area (Å²) in [6.07, 6.45) is 4.28. The Hall–Kier alpha value is -0.520. The number of hydrogen-bond donors (Lipinski definition) is 1. The highest BCUT2D eigenvalue weighted by atomic mass is 79.9. The number of hydrogen-bond acceptors (Lipinski definition) is 2. The Morgan fingerprint density at radius 1 is 1.38 bits per heavy atom. The number of ether oxygens (including phenoxy) is 1. The topological polar surface area (TPSA) is 21.3 Å². The number of nitrogens with one attached hydrogen (secondary N) is 1. The lowest BCUT2D eigenvalue weighted by Gasteiger charge is -2.30. The van der Waals surface area contributed by atoms with E-state index in [2.05, 4.69) is 28.2 Å². The Kier molecular flexibility index (Phi) is 4.62. The molecule has 2 aliphatic rings. The van der Waals surface area contributed by atoms with Crippen LogP contribution in [0.25, 0.3) is 0 Å². The van der Waals surface area contributed by atoms with Crippen molar-refractivity contribution in [1.29, 1.82) is 0 Å². The molecule has 2 aliphatic heterocycles. The Morgan fingerprint density at radius 3 is 2.81 bits per heavy atom. The van der Waals surface area contributed by atoms with Crippen LogP contribution < -0.4 is 5.32 Å². The molecule has 1 N–H and O–H groups in total. The van der Waals surface area contributed by atoms with Crippen molar-refractivity contribution in [3.05, 3.63) is 33.8 Å². The lowest BCUT2D eigenvalue weighted by atomic mass is 9.80. The van der Waals surface area contributed by atoms with Crippen LogP contribution in [0.3, 0.4) is 0 Å². The van der Waals surface area contributed by atoms with E-state index in [0.29, 0.717) is 4.47 Å². The zero-order valence-electron chi connectivity index (χ0n) is 12.0. The van der Waals surface area contributed by atoms with Crippen LogP contribution in [0.1, 0.15) is 44.2 Å². The largest absolute Gasteiger partial charge is 0.375 e. The SMILES string of the molecule is CCCNC(c1c(F)ccc(Br)c1F)C1CC2CCC1O2. The first-order valence-corrected chi connectivity index (χ1v) is 8.43. The number of benzene rings is 1. The fourth-order valence-electron chi connectivity index (χ4n) is 3.62. The fourth-order valence-corrected chi connectivity index (χ4v) is 3.97. The average molecular weight is 360 g/mol. The summed E-state index contributed by atoms with van der Waals surface area (Å²) in [7, 11) is 0. The molecule has 0 radical (unpaired) electrons. The zero-order chi connectivity index (χ0) is 15.0. The Labute approximate surface area is 132 Å². The molecule has 4 unspecified atom stereocenters. The minimum absolute atomic E-state index is 0.127. The summed E-state index contributed by atoms with van der Waals surface area (Å²) in [5, 5.41) is 3.34. The smallest absolute Gasteiger partial charge is 0.145 e. The van der Waals surface area contributed by atoms with Crippen LogP contribution in [0.4, 0.5) is 8.78 Å². The van der Waals surface area contributed by atoms with Crippen molar-refractivity contribution >= 4 is 15.9 Å². The minimum atomic E-state index is -0.494. The summed E-state index contributed by atoms with van der Waals surface area (Å²) in [4.78, 5) is 0. The van der Waals surface area contributed by atoms with E-state index in [1.165, 1.54) is 12.1 Å². The van der Waals surface area contributed by atoms with Gasteiger partial charge in [0.2, 0.25) is 0 Å². The molecule has 2 heterocycles. The normalized spacial score (nSPS) is 29.0. The van der Waals surface area contributed by atoms with Gasteiger partial charge in [0.25, 0.3) is 0 Å². The van der Waals surface area contributed by atoms with E-state index < -0.39 is 11.6 Å². The first kappa shape index (κ1) is 15.4. The van der Waals surface area contributed by atoms with Gasteiger partial charge in [0.1, 0.15) is 11.6 Å². The molecule has 0 aromatic heterocycles. The zero-order valence-corrected chi connectivity index (χ0v) is 13.6. The van der Waals surface area contributed by atoms with Gasteiger partial charge in [0, 0.05) is 17.5 Å². The first-order chi connectivity index (χ1) is 10.1. The van der Waals surface area contributed by atoms with Gasteiger partial charge in [0.05, 0.1) is 16.7 Å². The van der Waals surface area contributed by atoms with Gasteiger partial charge in [-0.2, -0.15) is 0 Å². The molecule has 1 aromatic carbocycles. The highest BCUT2D eigenvalue weighted by molar-refractivity contribution is 9.10. The van der Waals surface area contributed by atoms with Crippen LogP contribution in [0, 0.1) is 17.6 Å². The van der Waals surface area contributed by atoms with E-state index in [1.54, 1.807) is 0 Å². The predicted octanol–water partition coefficient (Wildman–Crippen LogP) is 4.34. The lowest BCUT2D eigenvalue weighted by molar-refractivity contribution is 0.0850. The molecule has 0 saturated carbocycles. The molecule has 1 aromatic rings. The minimum Gasteiger partial charge on any atom is -0.375 e. The van der Waals surface area contributed by atoms with Gasteiger partial charge in [0.15, 0.2) is 0 Å². The molecule has 116 valence electrons. The monoisotopic (exact) mass is 359 g/mol. The van der Waals surface area contributed by atoms with Crippen molar-refractivity contribution in [1.82, 2.24) is 5.32 Å². The van der Waals surface area contributed by atoms with Gasteiger partial charge in [-0.3, -0.25) is 0 Å². The van der Waals surface area contributed by atoms with Crippen LogP contribution in [-0.4, -0.2) is 18.8 Å². The number of halogens is 3. The summed E-state index contributed by atoms with van der Waals surface area (Å²) in [5.74, 6) is -0.827. The summed E-state index contributed by atoms with van der Waals surface area (Å²) in [6, 6.07) is 2.43. The molecule has 2 saturated heterocycles. The third kappa shape index (κ3) is 2.88. The van der Waals surface area contributed by atoms with Gasteiger partial charge in [-0.15, -0.1) is 0 Å². The second-order valence-electron chi connectivity index (χ2n) is 5.96. The van der Waals surface area contributed by atoms with Crippen LogP contribution in [0.15, 0.2) is 16.6 Å². The molecule has 5 heteroatoms. The molecule has 2 nitrogen and oxygen atoms in total. The maximum absolute atomic E-state index is 14.5. The predicted molar refractivity (Wildman–Crippen MR) is 81.1 cm³/mol. The molecular formula is C16H20BrF2NO. The average Bonchev–Trinajstić information content (AvgIpc) is 3.09. The quantitative estimate of drug-likeness (QED) is 0.789. The summed E-state index contributed by atoms with van der Waals surface area (Å²) in [6.45, 7) is 2.79. The number of rotatable bonds is 5. The third-order valence-corrected chi connectivity index (χ3v) is 5.20. The molecule has 0 aliphatic carbocycles. The van der Waals surface area contributed by atoms with Gasteiger partial charge in [-0.05, 0) is 60.3 Å². The Balaban J connectivity index is 1.94. The van der Waals surface area contributed by atoms with Gasteiger partial charge in [-0.25, -0.2) is 8.78 Å². The summed E-state index contributed by atoms with van der Waals surface area (Å²) in [5.41, 5.74) is 0.152. The van der Waals surface area contributed by atoms with Crippen molar-refractivity contribution < 1.29 is 13.5 Å². The molecule has 0 spiro atoms. The Morgan fingerprint density at radius 2 is 2.19 bits per heavy atom. The van der Waals surface area contributed by atoms with Crippen LogP contribution in [0.2, 0.25) is 0 Å². The molecule has 0 amide bonds. The molecule has 4 atom stereocenters. The second-order valence-corrected chi connectivity index (χ2v) is 6.82. The lowest BCUT2D eigenvalue weighted by Crippen LogP contribution is -2.35. The first-order valence-electron chi connectivity index (χ1n) is 7.64. The van der Waals surface area contributed by atoms with Crippen molar-refractivity contribution in [2.45, 2.75) is 50.9 Å². The summed E-state index contributed by atoms with van der Waals surface area (Å²) >= 11 is 3.17. The van der Waals surface area contributed by atoms with E-state index in [-0.39, 0.29) is 29.7 Å². The van der Waals surface area contributed by atoms with E-state index >= 15 is 0 Å². The highest BCUT2D eigenvalue weighted by Crippen LogP contribution is 2.46.